The van der Waals surface area contributed by atoms with Crippen molar-refractivity contribution in [1.82, 2.24) is 5.32 Å². The molecule has 142 valence electrons. The van der Waals surface area contributed by atoms with E-state index in [9.17, 15) is 9.90 Å². The normalized spacial score (nSPS) is 16.6. The van der Waals surface area contributed by atoms with Crippen LogP contribution in [0.2, 0.25) is 5.02 Å². The van der Waals surface area contributed by atoms with Crippen molar-refractivity contribution in [3.05, 3.63) is 53.6 Å². The van der Waals surface area contributed by atoms with Gasteiger partial charge in [0.15, 0.2) is 6.61 Å². The summed E-state index contributed by atoms with van der Waals surface area (Å²) in [7, 11) is 0. The molecule has 2 aliphatic heterocycles. The van der Waals surface area contributed by atoms with E-state index < -0.39 is 0 Å². The Bertz CT molecular complexity index is 1090. The lowest BCUT2D eigenvalue weighted by molar-refractivity contribution is -0.121. The van der Waals surface area contributed by atoms with Gasteiger partial charge in [0.05, 0.1) is 10.7 Å². The molecule has 6 heteroatoms. The van der Waals surface area contributed by atoms with E-state index in [2.05, 4.69) is 5.32 Å². The molecular formula is C22H19ClN2O3. The Kier molecular flexibility index (Phi) is 4.14. The second kappa shape index (κ2) is 6.69. The van der Waals surface area contributed by atoms with Crippen LogP contribution in [-0.2, 0) is 4.79 Å². The van der Waals surface area contributed by atoms with E-state index in [1.54, 1.807) is 23.1 Å². The predicted octanol–water partition coefficient (Wildman–Crippen LogP) is 3.81. The van der Waals surface area contributed by atoms with Gasteiger partial charge in [-0.25, -0.2) is 0 Å². The first kappa shape index (κ1) is 17.3. The second-order valence-corrected chi connectivity index (χ2v) is 7.74. The number of nitrogens with one attached hydrogen (secondary N) is 1. The van der Waals surface area contributed by atoms with Crippen molar-refractivity contribution >= 4 is 34.0 Å². The number of ether oxygens (including phenoxy) is 1. The van der Waals surface area contributed by atoms with E-state index >= 15 is 0 Å². The highest BCUT2D eigenvalue weighted by atomic mass is 35.5. The number of rotatable bonds is 3. The van der Waals surface area contributed by atoms with E-state index in [-0.39, 0.29) is 18.3 Å². The van der Waals surface area contributed by atoms with Crippen LogP contribution in [0.15, 0.2) is 48.5 Å². The summed E-state index contributed by atoms with van der Waals surface area (Å²) in [6.07, 6.45) is 0. The van der Waals surface area contributed by atoms with Crippen LogP contribution in [0.1, 0.15) is 0 Å². The zero-order chi connectivity index (χ0) is 19.3. The molecule has 5 rings (SSSR count). The summed E-state index contributed by atoms with van der Waals surface area (Å²) in [5, 5.41) is 15.9. The maximum atomic E-state index is 12.4. The van der Waals surface area contributed by atoms with E-state index in [0.717, 1.165) is 35.0 Å². The quantitative estimate of drug-likeness (QED) is 0.709. The number of benzene rings is 3. The Balaban J connectivity index is 1.63. The van der Waals surface area contributed by atoms with E-state index in [0.29, 0.717) is 28.9 Å². The summed E-state index contributed by atoms with van der Waals surface area (Å²) in [5.41, 5.74) is 2.31. The number of phenolic OH excluding ortho intramolecular Hbond substituents is 1. The maximum Gasteiger partial charge on any atom is 0.265 e. The van der Waals surface area contributed by atoms with Crippen molar-refractivity contribution in [1.29, 1.82) is 0 Å². The number of carbonyl (C=O) groups is 1. The zero-order valence-corrected chi connectivity index (χ0v) is 15.9. The fourth-order valence-electron chi connectivity index (χ4n) is 3.88. The van der Waals surface area contributed by atoms with Crippen molar-refractivity contribution in [2.45, 2.75) is 0 Å². The highest BCUT2D eigenvalue weighted by molar-refractivity contribution is 6.34. The van der Waals surface area contributed by atoms with Gasteiger partial charge in [0, 0.05) is 31.1 Å². The summed E-state index contributed by atoms with van der Waals surface area (Å²) < 4.78 is 5.73. The van der Waals surface area contributed by atoms with E-state index in [1.165, 1.54) is 0 Å². The van der Waals surface area contributed by atoms with Gasteiger partial charge in [-0.1, -0.05) is 35.9 Å². The number of carbonyl (C=O) groups excluding carboxylic acids is 1. The summed E-state index contributed by atoms with van der Waals surface area (Å²) in [6, 6.07) is 15.0. The largest absolute Gasteiger partial charge is 0.508 e. The van der Waals surface area contributed by atoms with Crippen molar-refractivity contribution < 1.29 is 14.6 Å². The van der Waals surface area contributed by atoms with Gasteiger partial charge in [0.25, 0.3) is 5.91 Å². The molecule has 5 nitrogen and oxygen atoms in total. The number of nitrogens with zero attached hydrogens (tertiary/aromatic N) is 1. The van der Waals surface area contributed by atoms with Crippen LogP contribution in [0.4, 0.5) is 5.69 Å². The van der Waals surface area contributed by atoms with Gasteiger partial charge in [0.2, 0.25) is 0 Å². The molecule has 0 unspecified atom stereocenters. The molecule has 0 spiro atoms. The lowest BCUT2D eigenvalue weighted by Gasteiger charge is -2.36. The Morgan fingerprint density at radius 2 is 1.96 bits per heavy atom. The minimum Gasteiger partial charge on any atom is -0.508 e. The molecule has 0 saturated carbocycles. The second-order valence-electron chi connectivity index (χ2n) is 7.33. The number of phenols is 1. The van der Waals surface area contributed by atoms with Gasteiger partial charge < -0.3 is 20.1 Å². The van der Waals surface area contributed by atoms with Crippen LogP contribution >= 0.6 is 11.6 Å². The molecule has 1 saturated heterocycles. The SMILES string of the molecule is O=C1COc2cc(-c3cc(O)cc4ccccc34)c(Cl)cc2N1CC1CNC1. The Hall–Kier alpha value is -2.76. The lowest BCUT2D eigenvalue weighted by atomic mass is 9.96. The first-order chi connectivity index (χ1) is 13.6. The smallest absolute Gasteiger partial charge is 0.265 e. The predicted molar refractivity (Wildman–Crippen MR) is 110 cm³/mol. The summed E-state index contributed by atoms with van der Waals surface area (Å²) in [6.45, 7) is 2.52. The molecule has 0 aliphatic carbocycles. The Morgan fingerprint density at radius 1 is 1.14 bits per heavy atom. The molecule has 3 aromatic carbocycles. The molecule has 1 amide bonds. The molecule has 1 fully saturated rings. The summed E-state index contributed by atoms with van der Waals surface area (Å²) >= 11 is 6.66. The molecule has 2 N–H and O–H groups in total. The monoisotopic (exact) mass is 394 g/mol. The molecular weight excluding hydrogens is 376 g/mol. The topological polar surface area (TPSA) is 61.8 Å². The highest BCUT2D eigenvalue weighted by Gasteiger charge is 2.31. The third-order valence-electron chi connectivity index (χ3n) is 5.44. The number of anilines is 1. The molecule has 0 aromatic heterocycles. The number of halogens is 1. The third-order valence-corrected chi connectivity index (χ3v) is 5.75. The minimum atomic E-state index is -0.0500. The number of aromatic hydroxyl groups is 1. The average Bonchev–Trinajstić information content (AvgIpc) is 2.65. The summed E-state index contributed by atoms with van der Waals surface area (Å²) in [5.74, 6) is 1.21. The lowest BCUT2D eigenvalue weighted by Crippen LogP contribution is -2.51. The molecule has 2 aliphatic rings. The van der Waals surface area contributed by atoms with Crippen molar-refractivity contribution in [2.75, 3.05) is 31.1 Å². The first-order valence-corrected chi connectivity index (χ1v) is 9.67. The fourth-order valence-corrected chi connectivity index (χ4v) is 4.14. The third kappa shape index (κ3) is 2.87. The number of hydrogen-bond donors (Lipinski definition) is 2. The van der Waals surface area contributed by atoms with Gasteiger partial charge in [-0.3, -0.25) is 4.79 Å². The number of fused-ring (bicyclic) bond motifs is 2. The molecule has 0 radical (unpaired) electrons. The van der Waals surface area contributed by atoms with Crippen molar-refractivity contribution in [2.24, 2.45) is 5.92 Å². The average molecular weight is 395 g/mol. The van der Waals surface area contributed by atoms with E-state index in [4.69, 9.17) is 16.3 Å². The highest BCUT2D eigenvalue weighted by Crippen LogP contribution is 2.43. The molecule has 3 aromatic rings. The minimum absolute atomic E-state index is 0.0228. The van der Waals surface area contributed by atoms with Crippen LogP contribution in [0.3, 0.4) is 0 Å². The Morgan fingerprint density at radius 3 is 2.75 bits per heavy atom. The van der Waals surface area contributed by atoms with Crippen molar-refractivity contribution in [3.8, 4) is 22.6 Å². The van der Waals surface area contributed by atoms with Crippen LogP contribution in [0, 0.1) is 5.92 Å². The molecule has 0 bridgehead atoms. The van der Waals surface area contributed by atoms with Gasteiger partial charge in [-0.15, -0.1) is 0 Å². The Labute approximate surface area is 167 Å². The molecule has 28 heavy (non-hydrogen) atoms. The van der Waals surface area contributed by atoms with E-state index in [1.807, 2.05) is 30.3 Å². The first-order valence-electron chi connectivity index (χ1n) is 9.30. The zero-order valence-electron chi connectivity index (χ0n) is 15.1. The van der Waals surface area contributed by atoms with Gasteiger partial charge in [-0.05, 0) is 40.6 Å². The van der Waals surface area contributed by atoms with Crippen LogP contribution in [-0.4, -0.2) is 37.3 Å². The van der Waals surface area contributed by atoms with Crippen LogP contribution < -0.4 is 15.0 Å². The number of amides is 1. The van der Waals surface area contributed by atoms with Crippen LogP contribution in [0.5, 0.6) is 11.5 Å². The van der Waals surface area contributed by atoms with Gasteiger partial charge in [0.1, 0.15) is 11.5 Å². The fraction of sp³-hybridized carbons (Fsp3) is 0.227. The van der Waals surface area contributed by atoms with Crippen molar-refractivity contribution in [3.63, 3.8) is 0 Å². The van der Waals surface area contributed by atoms with Crippen LogP contribution in [0.25, 0.3) is 21.9 Å². The number of hydrogen-bond acceptors (Lipinski definition) is 4. The standard InChI is InChI=1S/C22H19ClN2O3/c23-19-8-20-21(28-12-22(27)25(20)11-13-9-24-10-13)7-18(19)17-6-15(26)5-14-3-1-2-4-16(14)17/h1-8,13,24,26H,9-12H2. The molecule has 0 atom stereocenters. The van der Waals surface area contributed by atoms with Gasteiger partial charge in [-0.2, -0.15) is 0 Å². The maximum absolute atomic E-state index is 12.4. The van der Waals surface area contributed by atoms with Gasteiger partial charge >= 0.3 is 0 Å². The summed E-state index contributed by atoms with van der Waals surface area (Å²) in [4.78, 5) is 14.2. The molecule has 2 heterocycles.